The van der Waals surface area contributed by atoms with Gasteiger partial charge in [-0.2, -0.15) is 0 Å². The van der Waals surface area contributed by atoms with E-state index in [1.54, 1.807) is 18.2 Å². The van der Waals surface area contributed by atoms with Crippen LogP contribution in [-0.4, -0.2) is 10.2 Å². The van der Waals surface area contributed by atoms with Gasteiger partial charge in [0.05, 0.1) is 0 Å². The number of benzene rings is 3. The quantitative estimate of drug-likeness (QED) is 0.616. The Morgan fingerprint density at radius 2 is 1.42 bits per heavy atom. The average molecular weight is 346 g/mol. The molecule has 0 saturated carbocycles. The van der Waals surface area contributed by atoms with E-state index in [0.717, 1.165) is 11.1 Å². The van der Waals surface area contributed by atoms with E-state index < -0.39 is 0 Å². The van der Waals surface area contributed by atoms with Crippen LogP contribution in [0.3, 0.4) is 0 Å². The van der Waals surface area contributed by atoms with Crippen molar-refractivity contribution in [3.63, 3.8) is 0 Å². The topological polar surface area (TPSA) is 40.5 Å². The third kappa shape index (κ3) is 3.60. The Morgan fingerprint density at radius 1 is 0.808 bits per heavy atom. The van der Waals surface area contributed by atoms with Gasteiger partial charge in [0.25, 0.3) is 0 Å². The van der Waals surface area contributed by atoms with Crippen molar-refractivity contribution in [3.05, 3.63) is 95.1 Å². The molecule has 1 atom stereocenters. The lowest BCUT2D eigenvalue weighted by Gasteiger charge is -2.32. The van der Waals surface area contributed by atoms with Gasteiger partial charge < -0.3 is 10.2 Å². The van der Waals surface area contributed by atoms with Gasteiger partial charge in [0.2, 0.25) is 0 Å². The van der Waals surface area contributed by atoms with Crippen LogP contribution in [-0.2, 0) is 11.8 Å². The number of rotatable bonds is 5. The zero-order valence-electron chi connectivity index (χ0n) is 15.6. The molecule has 3 aromatic rings. The molecule has 0 aromatic heterocycles. The zero-order chi connectivity index (χ0) is 18.7. The van der Waals surface area contributed by atoms with Crippen molar-refractivity contribution in [2.24, 2.45) is 0 Å². The summed E-state index contributed by atoms with van der Waals surface area (Å²) in [5.74, 6) is 0.996. The molecule has 0 spiro atoms. The smallest absolute Gasteiger partial charge is 0.118 e. The molecule has 0 heterocycles. The molecular weight excluding hydrogens is 320 g/mol. The maximum atomic E-state index is 10.5. The predicted molar refractivity (Wildman–Crippen MR) is 107 cm³/mol. The molecule has 0 bridgehead atoms. The SMILES string of the molecule is CC(C)c1ccc(O)c(CC(C)(c2ccccc2)c2ccc(O)cc2)c1. The third-order valence-corrected chi connectivity index (χ3v) is 5.23. The average Bonchev–Trinajstić information content (AvgIpc) is 2.64. The summed E-state index contributed by atoms with van der Waals surface area (Å²) in [6.45, 7) is 6.51. The molecule has 0 aliphatic carbocycles. The molecule has 1 unspecified atom stereocenters. The van der Waals surface area contributed by atoms with Crippen LogP contribution in [0.25, 0.3) is 0 Å². The second-order valence-electron chi connectivity index (χ2n) is 7.46. The van der Waals surface area contributed by atoms with Crippen LogP contribution in [0.2, 0.25) is 0 Å². The fourth-order valence-electron chi connectivity index (χ4n) is 3.49. The Bertz CT molecular complexity index is 866. The van der Waals surface area contributed by atoms with Gasteiger partial charge in [-0.1, -0.05) is 75.4 Å². The maximum absolute atomic E-state index is 10.5. The van der Waals surface area contributed by atoms with Gasteiger partial charge in [0, 0.05) is 5.41 Å². The van der Waals surface area contributed by atoms with Crippen molar-refractivity contribution < 1.29 is 10.2 Å². The number of phenolic OH excluding ortho intramolecular Hbond substituents is 2. The molecule has 0 saturated heterocycles. The minimum absolute atomic E-state index is 0.258. The first-order valence-corrected chi connectivity index (χ1v) is 9.07. The number of hydrogen-bond acceptors (Lipinski definition) is 2. The number of aromatic hydroxyl groups is 2. The highest BCUT2D eigenvalue weighted by atomic mass is 16.3. The fraction of sp³-hybridized carbons (Fsp3) is 0.250. The third-order valence-electron chi connectivity index (χ3n) is 5.23. The molecule has 2 heteroatoms. The summed E-state index contributed by atoms with van der Waals surface area (Å²) in [5.41, 5.74) is 4.13. The first-order chi connectivity index (χ1) is 12.4. The minimum Gasteiger partial charge on any atom is -0.508 e. The molecular formula is C24H26O2. The van der Waals surface area contributed by atoms with Crippen molar-refractivity contribution in [3.8, 4) is 11.5 Å². The predicted octanol–water partition coefficient (Wildman–Crippen LogP) is 5.77. The van der Waals surface area contributed by atoms with Crippen LogP contribution in [0.4, 0.5) is 0 Å². The summed E-state index contributed by atoms with van der Waals surface area (Å²) >= 11 is 0. The lowest BCUT2D eigenvalue weighted by atomic mass is 9.71. The summed E-state index contributed by atoms with van der Waals surface area (Å²) in [4.78, 5) is 0. The molecule has 0 fully saturated rings. The summed E-state index contributed by atoms with van der Waals surface area (Å²) in [5, 5.41) is 20.2. The van der Waals surface area contributed by atoms with Crippen LogP contribution in [0.15, 0.2) is 72.8 Å². The summed E-state index contributed by atoms with van der Waals surface area (Å²) < 4.78 is 0. The molecule has 0 amide bonds. The molecule has 0 radical (unpaired) electrons. The molecule has 2 nitrogen and oxygen atoms in total. The molecule has 0 aliphatic rings. The number of hydrogen-bond donors (Lipinski definition) is 2. The highest BCUT2D eigenvalue weighted by Crippen LogP contribution is 2.38. The second-order valence-corrected chi connectivity index (χ2v) is 7.46. The highest BCUT2D eigenvalue weighted by Gasteiger charge is 2.30. The van der Waals surface area contributed by atoms with Crippen LogP contribution >= 0.6 is 0 Å². The Hall–Kier alpha value is -2.74. The lowest BCUT2D eigenvalue weighted by Crippen LogP contribution is -2.26. The Balaban J connectivity index is 2.11. The van der Waals surface area contributed by atoms with Crippen molar-refractivity contribution >= 4 is 0 Å². The molecule has 3 rings (SSSR count). The van der Waals surface area contributed by atoms with Crippen molar-refractivity contribution in [1.29, 1.82) is 0 Å². The Morgan fingerprint density at radius 3 is 2.04 bits per heavy atom. The molecule has 3 aromatic carbocycles. The van der Waals surface area contributed by atoms with E-state index in [1.807, 2.05) is 36.4 Å². The van der Waals surface area contributed by atoms with Crippen LogP contribution in [0.1, 0.15) is 48.9 Å². The van der Waals surface area contributed by atoms with Gasteiger partial charge in [-0.15, -0.1) is 0 Å². The summed E-state index contributed by atoms with van der Waals surface area (Å²) in [7, 11) is 0. The van der Waals surface area contributed by atoms with E-state index in [-0.39, 0.29) is 11.2 Å². The lowest BCUT2D eigenvalue weighted by molar-refractivity contribution is 0.456. The van der Waals surface area contributed by atoms with Gasteiger partial charge in [-0.05, 0) is 52.8 Å². The van der Waals surface area contributed by atoms with Gasteiger partial charge in [-0.25, -0.2) is 0 Å². The van der Waals surface area contributed by atoms with Crippen molar-refractivity contribution in [1.82, 2.24) is 0 Å². The van der Waals surface area contributed by atoms with E-state index in [9.17, 15) is 10.2 Å². The zero-order valence-corrected chi connectivity index (χ0v) is 15.6. The largest absolute Gasteiger partial charge is 0.508 e. The van der Waals surface area contributed by atoms with Gasteiger partial charge in [0.1, 0.15) is 11.5 Å². The van der Waals surface area contributed by atoms with Crippen molar-refractivity contribution in [2.45, 2.75) is 38.5 Å². The van der Waals surface area contributed by atoms with Gasteiger partial charge in [-0.3, -0.25) is 0 Å². The highest BCUT2D eigenvalue weighted by molar-refractivity contribution is 5.46. The Kier molecular flexibility index (Phi) is 5.03. The first-order valence-electron chi connectivity index (χ1n) is 9.07. The molecule has 26 heavy (non-hydrogen) atoms. The van der Waals surface area contributed by atoms with E-state index in [1.165, 1.54) is 11.1 Å². The standard InChI is InChI=1S/C24H26O2/c1-17(2)18-9-14-23(26)19(15-18)16-24(3,20-7-5-4-6-8-20)21-10-12-22(25)13-11-21/h4-15,17,25-26H,16H2,1-3H3. The summed E-state index contributed by atoms with van der Waals surface area (Å²) in [6, 6.07) is 23.6. The fourth-order valence-corrected chi connectivity index (χ4v) is 3.49. The second kappa shape index (κ2) is 7.25. The van der Waals surface area contributed by atoms with Crippen LogP contribution in [0.5, 0.6) is 11.5 Å². The molecule has 134 valence electrons. The van der Waals surface area contributed by atoms with E-state index >= 15 is 0 Å². The van der Waals surface area contributed by atoms with Gasteiger partial charge >= 0.3 is 0 Å². The van der Waals surface area contributed by atoms with E-state index in [4.69, 9.17) is 0 Å². The molecule has 0 aliphatic heterocycles. The Labute approximate surface area is 155 Å². The molecule has 2 N–H and O–H groups in total. The van der Waals surface area contributed by atoms with E-state index in [2.05, 4.69) is 39.0 Å². The first kappa shape index (κ1) is 18.1. The number of phenols is 2. The van der Waals surface area contributed by atoms with Gasteiger partial charge in [0.15, 0.2) is 0 Å². The normalized spacial score (nSPS) is 13.5. The van der Waals surface area contributed by atoms with E-state index in [0.29, 0.717) is 18.1 Å². The summed E-state index contributed by atoms with van der Waals surface area (Å²) in [6.07, 6.45) is 0.675. The monoisotopic (exact) mass is 346 g/mol. The van der Waals surface area contributed by atoms with Crippen molar-refractivity contribution in [2.75, 3.05) is 0 Å². The van der Waals surface area contributed by atoms with Crippen LogP contribution < -0.4 is 0 Å². The van der Waals surface area contributed by atoms with Crippen LogP contribution in [0, 0.1) is 0 Å². The maximum Gasteiger partial charge on any atom is 0.118 e. The minimum atomic E-state index is -0.317.